The van der Waals surface area contributed by atoms with Crippen LogP contribution in [0.1, 0.15) is 54.7 Å². The number of aliphatic hydroxyl groups excluding tert-OH is 1. The average Bonchev–Trinajstić information content (AvgIpc) is 3.35. The summed E-state index contributed by atoms with van der Waals surface area (Å²) in [7, 11) is -4.37. The summed E-state index contributed by atoms with van der Waals surface area (Å²) in [5, 5.41) is 13.5. The second-order valence-corrected chi connectivity index (χ2v) is 14.3. The van der Waals surface area contributed by atoms with Gasteiger partial charge in [-0.1, -0.05) is 32.5 Å². The van der Waals surface area contributed by atoms with Crippen molar-refractivity contribution >= 4 is 59.2 Å². The molecule has 4 N–H and O–H groups in total. The minimum Gasteiger partial charge on any atom is -0.462 e. The number of anilines is 1. The molecule has 6 atom stereocenters. The molecular weight excluding hydrogens is 587 g/mol. The Bertz CT molecular complexity index is 1270. The first kappa shape index (κ1) is 32.7. The Morgan fingerprint density at radius 3 is 2.62 bits per heavy atom. The van der Waals surface area contributed by atoms with Crippen LogP contribution in [-0.4, -0.2) is 77.5 Å². The highest BCUT2D eigenvalue weighted by molar-refractivity contribution is 8.13. The van der Waals surface area contributed by atoms with Crippen molar-refractivity contribution in [2.45, 2.75) is 84.1 Å². The Morgan fingerprint density at radius 1 is 1.32 bits per heavy atom. The molecule has 1 saturated heterocycles. The van der Waals surface area contributed by atoms with Crippen molar-refractivity contribution in [1.29, 1.82) is 0 Å². The molecule has 17 heteroatoms. The quantitative estimate of drug-likeness (QED) is 0.143. The minimum absolute atomic E-state index is 0.0824. The fourth-order valence-electron chi connectivity index (χ4n) is 3.58. The number of rotatable bonds is 11. The number of carbonyl (C=O) groups is 2. The molecule has 0 aliphatic carbocycles. The number of nitrogens with zero attached hydrogens (tertiary/aromatic N) is 4. The van der Waals surface area contributed by atoms with E-state index in [4.69, 9.17) is 35.9 Å². The molecule has 14 nitrogen and oxygen atoms in total. The Labute approximate surface area is 241 Å². The largest absolute Gasteiger partial charge is 0.462 e. The van der Waals surface area contributed by atoms with Gasteiger partial charge in [-0.25, -0.2) is 24.6 Å². The second kappa shape index (κ2) is 12.6. The second-order valence-electron chi connectivity index (χ2n) is 10.7. The number of ether oxygens (including phenoxy) is 2. The Balaban J connectivity index is 1.82. The molecule has 0 saturated carbocycles. The predicted molar refractivity (Wildman–Crippen MR) is 149 cm³/mol. The number of esters is 1. The number of aromatic nitrogens is 4. The number of hydrogen-bond acceptors (Lipinski definition) is 13. The number of imidazole rings is 1. The molecule has 1 unspecified atom stereocenters. The van der Waals surface area contributed by atoms with Crippen molar-refractivity contribution < 1.29 is 37.8 Å². The van der Waals surface area contributed by atoms with Crippen LogP contribution in [0.5, 0.6) is 0 Å². The predicted octanol–water partition coefficient (Wildman–Crippen LogP) is 3.00. The Morgan fingerprint density at radius 2 is 2.00 bits per heavy atom. The van der Waals surface area contributed by atoms with Gasteiger partial charge >= 0.3 is 13.7 Å². The molecular formula is C23H36ClN6O8PS. The van der Waals surface area contributed by atoms with E-state index in [1.54, 1.807) is 34.6 Å². The van der Waals surface area contributed by atoms with Crippen LogP contribution in [0, 0.1) is 5.41 Å². The van der Waals surface area contributed by atoms with Gasteiger partial charge in [0.2, 0.25) is 0 Å². The van der Waals surface area contributed by atoms with Gasteiger partial charge in [0.25, 0.3) is 0 Å². The van der Waals surface area contributed by atoms with Gasteiger partial charge in [0.15, 0.2) is 29.1 Å². The summed E-state index contributed by atoms with van der Waals surface area (Å²) >= 11 is 7.72. The van der Waals surface area contributed by atoms with Crippen molar-refractivity contribution in [3.63, 3.8) is 0 Å². The molecule has 0 amide bonds. The summed E-state index contributed by atoms with van der Waals surface area (Å²) in [5.41, 5.74) is 5.89. The lowest BCUT2D eigenvalue weighted by Crippen LogP contribution is -2.41. The van der Waals surface area contributed by atoms with Gasteiger partial charge in [-0.05, 0) is 27.7 Å². The summed E-state index contributed by atoms with van der Waals surface area (Å²) in [5.74, 6) is -0.407. The number of nitrogen functional groups attached to an aromatic ring is 1. The molecule has 2 aromatic heterocycles. The molecule has 224 valence electrons. The van der Waals surface area contributed by atoms with Crippen molar-refractivity contribution in [2.75, 3.05) is 18.1 Å². The fourth-order valence-corrected chi connectivity index (χ4v) is 6.29. The lowest BCUT2D eigenvalue weighted by Gasteiger charge is -2.27. The highest BCUT2D eigenvalue weighted by Crippen LogP contribution is 2.52. The van der Waals surface area contributed by atoms with Gasteiger partial charge in [0.1, 0.15) is 28.9 Å². The smallest absolute Gasteiger partial charge is 0.408 e. The van der Waals surface area contributed by atoms with Gasteiger partial charge in [-0.15, -0.1) is 11.6 Å². The first-order valence-electron chi connectivity index (χ1n) is 12.5. The SMILES string of the molecule is CC(C)OC(=O)[C@@H](C)NP(=O)(OCCSC(=O)C(C)(C)C)O[C@H]1O[C@@H](n2cnc3c(N)ncnc32)[C@](C)(Cl)[C@@H]1O. The van der Waals surface area contributed by atoms with Crippen LogP contribution in [-0.2, 0) is 32.7 Å². The van der Waals surface area contributed by atoms with Gasteiger partial charge in [0, 0.05) is 11.2 Å². The van der Waals surface area contributed by atoms with Gasteiger partial charge < -0.3 is 20.3 Å². The van der Waals surface area contributed by atoms with Crippen LogP contribution >= 0.6 is 31.1 Å². The van der Waals surface area contributed by atoms with Crippen molar-refractivity contribution in [2.24, 2.45) is 5.41 Å². The third-order valence-corrected chi connectivity index (χ3v) is 9.08. The maximum atomic E-state index is 13.9. The zero-order chi connectivity index (χ0) is 30.0. The van der Waals surface area contributed by atoms with Crippen molar-refractivity contribution in [3.05, 3.63) is 12.7 Å². The highest BCUT2D eigenvalue weighted by atomic mass is 35.5. The number of thioether (sulfide) groups is 1. The fraction of sp³-hybridized carbons (Fsp3) is 0.696. The lowest BCUT2D eigenvalue weighted by atomic mass is 10.00. The number of nitrogens with one attached hydrogen (secondary N) is 1. The van der Waals surface area contributed by atoms with E-state index in [-0.39, 0.29) is 23.3 Å². The molecule has 40 heavy (non-hydrogen) atoms. The maximum Gasteiger partial charge on any atom is 0.408 e. The van der Waals surface area contributed by atoms with E-state index in [9.17, 15) is 19.3 Å². The Kier molecular flexibility index (Phi) is 10.3. The monoisotopic (exact) mass is 622 g/mol. The summed E-state index contributed by atoms with van der Waals surface area (Å²) < 4.78 is 37.7. The Hall–Kier alpha value is -1.84. The van der Waals surface area contributed by atoms with Crippen molar-refractivity contribution in [1.82, 2.24) is 24.6 Å². The third kappa shape index (κ3) is 7.51. The van der Waals surface area contributed by atoms with Crippen molar-refractivity contribution in [3.8, 4) is 0 Å². The summed E-state index contributed by atoms with van der Waals surface area (Å²) in [6.45, 7) is 11.4. The average molecular weight is 623 g/mol. The third-order valence-electron chi connectivity index (χ3n) is 5.71. The van der Waals surface area contributed by atoms with Gasteiger partial charge in [-0.2, -0.15) is 0 Å². The van der Waals surface area contributed by atoms with E-state index in [2.05, 4.69) is 20.0 Å². The van der Waals surface area contributed by atoms with E-state index in [1.807, 2.05) is 0 Å². The number of halogens is 1. The number of hydrogen-bond donors (Lipinski definition) is 3. The van der Waals surface area contributed by atoms with E-state index in [1.165, 1.54) is 31.1 Å². The van der Waals surface area contributed by atoms with E-state index >= 15 is 0 Å². The topological polar surface area (TPSA) is 190 Å². The van der Waals surface area contributed by atoms with Crippen LogP contribution in [0.15, 0.2) is 12.7 Å². The van der Waals surface area contributed by atoms with E-state index < -0.39 is 54.8 Å². The highest BCUT2D eigenvalue weighted by Gasteiger charge is 2.56. The van der Waals surface area contributed by atoms with Gasteiger partial charge in [0.05, 0.1) is 19.0 Å². The minimum atomic E-state index is -4.37. The van der Waals surface area contributed by atoms with Crippen LogP contribution in [0.3, 0.4) is 0 Å². The molecule has 1 aliphatic rings. The molecule has 0 aromatic carbocycles. The number of fused-ring (bicyclic) bond motifs is 1. The first-order chi connectivity index (χ1) is 18.5. The molecule has 1 fully saturated rings. The maximum absolute atomic E-state index is 13.9. The zero-order valence-corrected chi connectivity index (χ0v) is 25.8. The zero-order valence-electron chi connectivity index (χ0n) is 23.4. The normalized spacial score (nSPS) is 25.7. The van der Waals surface area contributed by atoms with Crippen LogP contribution in [0.2, 0.25) is 0 Å². The lowest BCUT2D eigenvalue weighted by molar-refractivity contribution is -0.150. The van der Waals surface area contributed by atoms with Gasteiger partial charge in [-0.3, -0.25) is 23.2 Å². The van der Waals surface area contributed by atoms with Crippen LogP contribution in [0.4, 0.5) is 5.82 Å². The number of carbonyl (C=O) groups excluding carboxylic acids is 2. The van der Waals surface area contributed by atoms with E-state index in [0.717, 1.165) is 11.8 Å². The number of nitrogens with two attached hydrogens (primary N) is 1. The van der Waals surface area contributed by atoms with E-state index in [0.29, 0.717) is 11.2 Å². The molecule has 2 aromatic rings. The standard InChI is InChI=1S/C23H36ClN6O8PS/c1-12(2)36-18(32)13(3)29-39(34,35-8-9-40-21(33)22(4,5)6)38-19-15(31)23(7,24)20(37-19)30-11-28-14-16(25)26-10-27-17(14)30/h10-13,15,19-20,31H,8-9H2,1-7H3,(H,29,34)(H2,25,26,27)/t13-,15-,19-,20-,23-,39?/m1/s1. The first-order valence-corrected chi connectivity index (χ1v) is 15.4. The van der Waals surface area contributed by atoms with Crippen LogP contribution < -0.4 is 10.8 Å². The summed E-state index contributed by atoms with van der Waals surface area (Å²) in [4.78, 5) is 35.4. The molecule has 0 bridgehead atoms. The molecule has 3 rings (SSSR count). The number of aliphatic hydroxyl groups is 1. The summed E-state index contributed by atoms with van der Waals surface area (Å²) in [6.07, 6.45) is -1.99. The number of alkyl halides is 1. The molecule has 1 aliphatic heterocycles. The molecule has 3 heterocycles. The summed E-state index contributed by atoms with van der Waals surface area (Å²) in [6, 6.07) is -1.12. The molecule has 0 radical (unpaired) electrons. The molecule has 0 spiro atoms. The van der Waals surface area contributed by atoms with Crippen LogP contribution in [0.25, 0.3) is 11.2 Å².